The maximum Gasteiger partial charge on any atom is 1.00 e. The van der Waals surface area contributed by atoms with Gasteiger partial charge in [0, 0.05) is 112 Å². The van der Waals surface area contributed by atoms with Crippen molar-refractivity contribution in [3.63, 3.8) is 0 Å². The van der Waals surface area contributed by atoms with Crippen molar-refractivity contribution in [3.8, 4) is 58.9 Å². The number of hydrogen-bond donors (Lipinski definition) is 2. The first-order valence-electron chi connectivity index (χ1n) is 26.6. The number of aliphatic hydroxyl groups is 1. The van der Waals surface area contributed by atoms with Gasteiger partial charge < -0.3 is 59.5 Å². The molecule has 9 aromatic rings. The molecule has 6 aromatic heterocycles. The van der Waals surface area contributed by atoms with E-state index in [4.69, 9.17) is 147 Å². The summed E-state index contributed by atoms with van der Waals surface area (Å²) in [6, 6.07) is 19.9. The van der Waals surface area contributed by atoms with Gasteiger partial charge >= 0.3 is 134 Å². The number of Topliss-reactive ketones (excluding diaryl/α,β-unsaturated/α-hetero) is 1. The molecule has 0 unspecified atom stereocenters. The van der Waals surface area contributed by atoms with Crippen LogP contribution in [0.4, 0.5) is 0 Å². The number of aldehydes is 1. The van der Waals surface area contributed by atoms with Crippen molar-refractivity contribution < 1.29 is 181 Å². The van der Waals surface area contributed by atoms with Gasteiger partial charge in [-0.25, -0.2) is 33.9 Å². The molecule has 100 heavy (non-hydrogen) atoms. The van der Waals surface area contributed by atoms with Crippen LogP contribution in [-0.2, 0) is 57.2 Å². The summed E-state index contributed by atoms with van der Waals surface area (Å²) < 4.78 is 34.5. The second-order valence-corrected chi connectivity index (χ2v) is 24.3. The van der Waals surface area contributed by atoms with Crippen LogP contribution in [0.1, 0.15) is 78.4 Å². The first-order valence-corrected chi connectivity index (χ1v) is 31.5. The predicted molar refractivity (Wildman–Crippen MR) is 366 cm³/mol. The van der Waals surface area contributed by atoms with E-state index in [1.807, 2.05) is 0 Å². The number of carboxylic acid groups (broad SMARTS) is 1. The van der Waals surface area contributed by atoms with Gasteiger partial charge in [0.25, 0.3) is 6.47 Å². The third kappa shape index (κ3) is 24.8. The fraction of sp³-hybridized carbons (Fsp3) is 0.145. The fourth-order valence-corrected chi connectivity index (χ4v) is 10.9. The molecular formula is C62H49Cl9K2N11O15P. The van der Waals surface area contributed by atoms with Crippen molar-refractivity contribution in [2.45, 2.75) is 26.6 Å². The Balaban J connectivity index is 0.000000667. The number of halogens is 9. The fourth-order valence-electron chi connectivity index (χ4n) is 8.29. The van der Waals surface area contributed by atoms with Crippen molar-refractivity contribution in [2.24, 2.45) is 0 Å². The van der Waals surface area contributed by atoms with Crippen LogP contribution in [0, 0.1) is 24.7 Å². The van der Waals surface area contributed by atoms with Crippen LogP contribution in [0.5, 0.6) is 0 Å². The molecule has 6 heterocycles. The van der Waals surface area contributed by atoms with Gasteiger partial charge in [-0.15, -0.1) is 12.8 Å². The minimum atomic E-state index is -3.70. The first kappa shape index (κ1) is 90.5. The molecule has 2 N–H and O–H groups in total. The van der Waals surface area contributed by atoms with Crippen LogP contribution < -0.4 is 108 Å². The van der Waals surface area contributed by atoms with Crippen LogP contribution in [-0.4, -0.2) is 136 Å². The predicted octanol–water partition coefficient (Wildman–Crippen LogP) is 6.76. The van der Waals surface area contributed by atoms with E-state index in [-0.39, 0.29) is 164 Å². The molecule has 0 aliphatic carbocycles. The topological polar surface area (TPSA) is 358 Å². The number of imidazole rings is 3. The zero-order valence-electron chi connectivity index (χ0n) is 54.3. The van der Waals surface area contributed by atoms with E-state index >= 15 is 0 Å². The Morgan fingerprint density at radius 2 is 0.910 bits per heavy atom. The number of terminal acetylenes is 2. The number of carbonyl (C=O) groups is 6. The largest absolute Gasteiger partial charge is 1.00 e. The van der Waals surface area contributed by atoms with Gasteiger partial charge in [-0.3, -0.25) is 29.3 Å². The Labute approximate surface area is 702 Å². The zero-order chi connectivity index (χ0) is 73.1. The van der Waals surface area contributed by atoms with Crippen molar-refractivity contribution in [3.05, 3.63) is 212 Å². The van der Waals surface area contributed by atoms with Crippen LogP contribution >= 0.6 is 112 Å². The second-order valence-electron chi connectivity index (χ2n) is 18.3. The van der Waals surface area contributed by atoms with Gasteiger partial charge in [0.2, 0.25) is 5.78 Å². The van der Waals surface area contributed by atoms with Gasteiger partial charge in [-0.05, 0) is 101 Å². The Hall–Kier alpha value is -5.59. The van der Waals surface area contributed by atoms with Crippen LogP contribution in [0.25, 0.3) is 39.7 Å². The molecule has 3 aromatic carbocycles. The standard InChI is InChI=1S/C19H12Cl3N3O2.C18H12Cl3N3O3.C18H10Cl3N3O2.C5H9N2O4P.CH2O3.CH4O.2K.H/c1-3-16-17(19(26)27-2)25(10-12-7-13(20)4-5-15(12)22)18(24-16)11-6-14(21)9-23-8-11;1-27-18(26)16-15(9-25)23-17(10-4-13(20)7-22-6-10)24(16)8-11-5-12(19)2-3-14(11)21;1-2-15-16(18(25)26)24(9-11-6-12(19)3-4-14(11)21)17(23-15)10-5-13(20)8-22-7-10;1-4(8)5(7-6)12(9,10-2)11-3;2-1-4-3;1-2;;;/h1,4-9H,10H2,2H3;2-7,9H,8H2,1H3;1,3-8H,9H2,(H,25,26);1-3H3;1,3H;2H,1H3;;;/q;;;;;;2*+1;-1/p-1. The number of aliphatic hydroxyl groups excluding tert-OH is 1. The summed E-state index contributed by atoms with van der Waals surface area (Å²) in [7, 11) is 1.99. The van der Waals surface area contributed by atoms with Crippen molar-refractivity contribution in [1.82, 2.24) is 43.6 Å². The number of ketones is 1. The average Bonchev–Trinajstić information content (AvgIpc) is 1.65. The number of pyridine rings is 3. The normalized spacial score (nSPS) is 9.99. The third-order valence-electron chi connectivity index (χ3n) is 12.4. The molecule has 38 heteroatoms. The monoisotopic (exact) mass is 1610 g/mol. The molecule has 0 radical (unpaired) electrons. The van der Waals surface area contributed by atoms with Gasteiger partial charge in [0.15, 0.2) is 23.4 Å². The van der Waals surface area contributed by atoms with E-state index in [9.17, 15) is 33.6 Å². The Kier molecular flexibility index (Phi) is 40.6. The van der Waals surface area contributed by atoms with Gasteiger partial charge in [-0.1, -0.05) is 104 Å². The summed E-state index contributed by atoms with van der Waals surface area (Å²) >= 11 is 55.1. The van der Waals surface area contributed by atoms with Crippen LogP contribution in [0.3, 0.4) is 0 Å². The number of methoxy groups -OCH3 is 2. The van der Waals surface area contributed by atoms with Crippen molar-refractivity contribution in [2.75, 3.05) is 35.5 Å². The molecule has 0 aliphatic heterocycles. The van der Waals surface area contributed by atoms with Crippen molar-refractivity contribution >= 4 is 154 Å². The molecule has 0 amide bonds. The summed E-state index contributed by atoms with van der Waals surface area (Å²) in [4.78, 5) is 97.6. The SMILES string of the molecule is C#Cc1nc(-c2cncc(Cl)c2)n(Cc2cc(Cl)ccc2Cl)c1C(=O)O.C#Cc1nc(-c2cncc(Cl)c2)n(Cc2cc(Cl)ccc2Cl)c1C(=O)OC.CO.COC(=O)c1c(C=O)nc(-c2cncc(Cl)c2)n1Cc1cc(Cl)ccc1Cl.COP(=O)(OC)C(=[N+]=[N-])C(C)=O.O=CO[O-].[H-].[K+].[K+]. The molecule has 26 nitrogen and oxygen atoms in total. The summed E-state index contributed by atoms with van der Waals surface area (Å²) in [6.07, 6.45) is 20.5. The van der Waals surface area contributed by atoms with Crippen molar-refractivity contribution in [1.29, 1.82) is 0 Å². The Morgan fingerprint density at radius 1 is 0.580 bits per heavy atom. The minimum absolute atomic E-state index is 0. The minimum Gasteiger partial charge on any atom is -1.00 e. The van der Waals surface area contributed by atoms with E-state index in [1.165, 1.54) is 54.3 Å². The maximum absolute atomic E-state index is 12.4. The van der Waals surface area contributed by atoms with E-state index in [1.54, 1.807) is 83.6 Å². The molecule has 9 rings (SSSR count). The second kappa shape index (κ2) is 44.8. The molecule has 0 saturated carbocycles. The number of benzene rings is 3. The summed E-state index contributed by atoms with van der Waals surface area (Å²) in [6.45, 7) is 1.35. The Bertz CT molecular complexity index is 4620. The third-order valence-corrected chi connectivity index (χ3v) is 16.7. The molecule has 0 saturated heterocycles. The molecule has 0 bridgehead atoms. The quantitative estimate of drug-likeness (QED) is 0.00855. The first-order chi connectivity index (χ1) is 46.7. The number of aromatic carboxylic acids is 1. The number of aromatic nitrogens is 9. The summed E-state index contributed by atoms with van der Waals surface area (Å²) in [5.41, 5.74) is 11.4. The average molecular weight is 1620 g/mol. The number of rotatable bonds is 18. The number of carbonyl (C=O) groups excluding carboxylic acids is 5. The van der Waals surface area contributed by atoms with Gasteiger partial charge in [-0.2, -0.15) is 4.79 Å². The molecule has 0 fully saturated rings. The van der Waals surface area contributed by atoms with Gasteiger partial charge in [0.1, 0.15) is 34.6 Å². The summed E-state index contributed by atoms with van der Waals surface area (Å²) in [5.74, 6) is 2.60. The number of hydrogen-bond acceptors (Lipinski definition) is 20. The van der Waals surface area contributed by atoms with E-state index in [0.29, 0.717) is 102 Å². The number of nitrogens with zero attached hydrogens (tertiary/aromatic N) is 11. The molecule has 0 spiro atoms. The molecule has 512 valence electrons. The molecule has 0 atom stereocenters. The Morgan fingerprint density at radius 3 is 1.19 bits per heavy atom. The van der Waals surface area contributed by atoms with Gasteiger partial charge in [0.05, 0.1) is 48.9 Å². The number of ether oxygens (including phenoxy) is 2. The molecular weight excluding hydrogens is 1570 g/mol. The zero-order valence-corrected chi connectivity index (χ0v) is 67.2. The number of carboxylic acids is 1. The van der Waals surface area contributed by atoms with Crippen LogP contribution in [0.15, 0.2) is 110 Å². The van der Waals surface area contributed by atoms with Crippen LogP contribution in [0.2, 0.25) is 45.2 Å². The van der Waals surface area contributed by atoms with E-state index in [0.717, 1.165) is 28.3 Å². The smallest absolute Gasteiger partial charge is 1.00 e. The van der Waals surface area contributed by atoms with E-state index < -0.39 is 36.7 Å². The van der Waals surface area contributed by atoms with E-state index in [2.05, 4.69) is 60.5 Å². The number of esters is 2. The maximum atomic E-state index is 12.4. The molecule has 0 aliphatic rings. The summed E-state index contributed by atoms with van der Waals surface area (Å²) in [5, 5.41) is 29.1.